The van der Waals surface area contributed by atoms with Gasteiger partial charge in [0.05, 0.1) is 20.8 Å². The molecule has 3 aromatic carbocycles. The van der Waals surface area contributed by atoms with Gasteiger partial charge in [-0.05, 0) is 36.4 Å². The van der Waals surface area contributed by atoms with Crippen molar-refractivity contribution in [1.82, 2.24) is 4.98 Å². The van der Waals surface area contributed by atoms with E-state index in [2.05, 4.69) is 26.2 Å². The number of nitrogens with zero attached hydrogens (tertiary/aromatic N) is 2. The molecule has 0 radical (unpaired) electrons. The SMILES string of the molecule is O=C(Nc1ccc(Br)cc1-c1nc2ccccc2s1)c1cccc([N+](=O)[O-])c1. The van der Waals surface area contributed by atoms with Crippen LogP contribution in [0.25, 0.3) is 20.8 Å². The van der Waals surface area contributed by atoms with Crippen LogP contribution in [0.15, 0.2) is 71.2 Å². The van der Waals surface area contributed by atoms with E-state index in [-0.39, 0.29) is 11.3 Å². The van der Waals surface area contributed by atoms with Gasteiger partial charge in [-0.15, -0.1) is 11.3 Å². The number of anilines is 1. The highest BCUT2D eigenvalue weighted by atomic mass is 79.9. The molecule has 1 aromatic heterocycles. The fourth-order valence-electron chi connectivity index (χ4n) is 2.75. The van der Waals surface area contributed by atoms with Crippen LogP contribution >= 0.6 is 27.3 Å². The second-order valence-electron chi connectivity index (χ2n) is 5.94. The first-order chi connectivity index (χ1) is 13.5. The molecule has 0 saturated carbocycles. The number of aromatic nitrogens is 1. The van der Waals surface area contributed by atoms with Gasteiger partial charge in [0.2, 0.25) is 0 Å². The van der Waals surface area contributed by atoms with Crippen LogP contribution in [-0.4, -0.2) is 15.8 Å². The standard InChI is InChI=1S/C20H12BrN3O3S/c21-13-8-9-16(22-19(25)12-4-3-5-14(10-12)24(26)27)15(11-13)20-23-17-6-1-2-7-18(17)28-20/h1-11H,(H,22,25). The maximum Gasteiger partial charge on any atom is 0.270 e. The maximum absolute atomic E-state index is 12.7. The zero-order valence-electron chi connectivity index (χ0n) is 14.3. The van der Waals surface area contributed by atoms with E-state index in [1.807, 2.05) is 36.4 Å². The average molecular weight is 454 g/mol. The summed E-state index contributed by atoms with van der Waals surface area (Å²) in [6, 6.07) is 18.9. The Morgan fingerprint density at radius 3 is 2.68 bits per heavy atom. The van der Waals surface area contributed by atoms with Gasteiger partial charge in [0.1, 0.15) is 5.01 Å². The number of nitro groups is 1. The lowest BCUT2D eigenvalue weighted by molar-refractivity contribution is -0.384. The van der Waals surface area contributed by atoms with E-state index in [1.54, 1.807) is 12.1 Å². The summed E-state index contributed by atoms with van der Waals surface area (Å²) in [5.41, 5.74) is 2.33. The Morgan fingerprint density at radius 1 is 1.07 bits per heavy atom. The molecule has 4 aromatic rings. The second-order valence-corrected chi connectivity index (χ2v) is 7.88. The third-order valence-electron chi connectivity index (χ3n) is 4.07. The highest BCUT2D eigenvalue weighted by Gasteiger charge is 2.16. The zero-order chi connectivity index (χ0) is 19.7. The molecule has 1 heterocycles. The summed E-state index contributed by atoms with van der Waals surface area (Å²) in [7, 11) is 0. The van der Waals surface area contributed by atoms with Crippen LogP contribution in [0.1, 0.15) is 10.4 Å². The van der Waals surface area contributed by atoms with Gasteiger partial charge in [0.15, 0.2) is 0 Å². The van der Waals surface area contributed by atoms with Crippen molar-refractivity contribution < 1.29 is 9.72 Å². The van der Waals surface area contributed by atoms with Crippen LogP contribution < -0.4 is 5.32 Å². The molecule has 0 spiro atoms. The number of nitro benzene ring substituents is 1. The molecule has 1 N–H and O–H groups in total. The lowest BCUT2D eigenvalue weighted by Crippen LogP contribution is -2.12. The minimum absolute atomic E-state index is 0.130. The summed E-state index contributed by atoms with van der Waals surface area (Å²) >= 11 is 4.99. The van der Waals surface area contributed by atoms with E-state index in [1.165, 1.54) is 29.5 Å². The molecule has 0 saturated heterocycles. The van der Waals surface area contributed by atoms with Crippen molar-refractivity contribution in [1.29, 1.82) is 0 Å². The summed E-state index contributed by atoms with van der Waals surface area (Å²) in [6.07, 6.45) is 0. The third-order valence-corrected chi connectivity index (χ3v) is 5.64. The molecule has 0 unspecified atom stereocenters. The number of thiazole rings is 1. The topological polar surface area (TPSA) is 85.1 Å². The largest absolute Gasteiger partial charge is 0.321 e. The normalized spacial score (nSPS) is 10.8. The molecule has 0 atom stereocenters. The molecular formula is C20H12BrN3O3S. The molecule has 0 aliphatic carbocycles. The van der Waals surface area contributed by atoms with Crippen molar-refractivity contribution in [2.45, 2.75) is 0 Å². The van der Waals surface area contributed by atoms with Gasteiger partial charge in [-0.3, -0.25) is 14.9 Å². The maximum atomic E-state index is 12.7. The first-order valence-corrected chi connectivity index (χ1v) is 9.83. The number of para-hydroxylation sites is 1. The van der Waals surface area contributed by atoms with Crippen LogP contribution in [0.3, 0.4) is 0 Å². The lowest BCUT2D eigenvalue weighted by atomic mass is 10.1. The van der Waals surface area contributed by atoms with Crippen molar-refractivity contribution in [3.63, 3.8) is 0 Å². The number of carbonyl (C=O) groups is 1. The summed E-state index contributed by atoms with van der Waals surface area (Å²) in [5, 5.41) is 14.6. The average Bonchev–Trinajstić information content (AvgIpc) is 3.13. The van der Waals surface area contributed by atoms with Crippen LogP contribution in [0, 0.1) is 10.1 Å². The van der Waals surface area contributed by atoms with Gasteiger partial charge in [0, 0.05) is 27.7 Å². The third kappa shape index (κ3) is 3.64. The molecule has 0 aliphatic rings. The van der Waals surface area contributed by atoms with Crippen LogP contribution in [0.2, 0.25) is 0 Å². The van der Waals surface area contributed by atoms with Crippen LogP contribution in [-0.2, 0) is 0 Å². The number of hydrogen-bond acceptors (Lipinski definition) is 5. The molecule has 6 nitrogen and oxygen atoms in total. The number of nitrogens with one attached hydrogen (secondary N) is 1. The molecule has 4 rings (SSSR count). The Bertz CT molecular complexity index is 1190. The van der Waals surface area contributed by atoms with E-state index in [0.29, 0.717) is 5.69 Å². The Kier molecular flexibility index (Phi) is 4.89. The van der Waals surface area contributed by atoms with Gasteiger partial charge >= 0.3 is 0 Å². The van der Waals surface area contributed by atoms with Gasteiger partial charge in [-0.25, -0.2) is 4.98 Å². The quantitative estimate of drug-likeness (QED) is 0.308. The second kappa shape index (κ2) is 7.49. The number of fused-ring (bicyclic) bond motifs is 1. The van der Waals surface area contributed by atoms with Crippen molar-refractivity contribution >= 4 is 54.8 Å². The van der Waals surface area contributed by atoms with Crippen molar-refractivity contribution in [3.8, 4) is 10.6 Å². The number of non-ortho nitro benzene ring substituents is 1. The minimum atomic E-state index is -0.525. The Morgan fingerprint density at radius 2 is 1.89 bits per heavy atom. The van der Waals surface area contributed by atoms with Crippen molar-refractivity contribution in [2.75, 3.05) is 5.32 Å². The Balaban J connectivity index is 1.71. The summed E-state index contributed by atoms with van der Waals surface area (Å²) in [4.78, 5) is 27.8. The van der Waals surface area contributed by atoms with E-state index >= 15 is 0 Å². The highest BCUT2D eigenvalue weighted by molar-refractivity contribution is 9.10. The predicted octanol–water partition coefficient (Wildman–Crippen LogP) is 5.89. The zero-order valence-corrected chi connectivity index (χ0v) is 16.7. The number of rotatable bonds is 4. The summed E-state index contributed by atoms with van der Waals surface area (Å²) in [5.74, 6) is -0.423. The van der Waals surface area contributed by atoms with Crippen LogP contribution in [0.4, 0.5) is 11.4 Å². The van der Waals surface area contributed by atoms with E-state index in [4.69, 9.17) is 0 Å². The lowest BCUT2D eigenvalue weighted by Gasteiger charge is -2.10. The van der Waals surface area contributed by atoms with E-state index < -0.39 is 10.8 Å². The molecule has 1 amide bonds. The summed E-state index contributed by atoms with van der Waals surface area (Å²) in [6.45, 7) is 0. The number of hydrogen-bond donors (Lipinski definition) is 1. The number of carbonyl (C=O) groups excluding carboxylic acids is 1. The van der Waals surface area contributed by atoms with E-state index in [9.17, 15) is 14.9 Å². The fourth-order valence-corrected chi connectivity index (χ4v) is 4.10. The summed E-state index contributed by atoms with van der Waals surface area (Å²) < 4.78 is 1.91. The van der Waals surface area contributed by atoms with Crippen molar-refractivity contribution in [3.05, 3.63) is 86.9 Å². The van der Waals surface area contributed by atoms with E-state index in [0.717, 1.165) is 25.3 Å². The minimum Gasteiger partial charge on any atom is -0.321 e. The Hall–Kier alpha value is -3.10. The molecule has 0 aliphatic heterocycles. The van der Waals surface area contributed by atoms with Crippen molar-refractivity contribution in [2.24, 2.45) is 0 Å². The molecule has 0 bridgehead atoms. The smallest absolute Gasteiger partial charge is 0.270 e. The molecular weight excluding hydrogens is 442 g/mol. The molecule has 8 heteroatoms. The number of benzene rings is 3. The van der Waals surface area contributed by atoms with Gasteiger partial charge in [0.25, 0.3) is 11.6 Å². The molecule has 0 fully saturated rings. The first-order valence-electron chi connectivity index (χ1n) is 8.22. The van der Waals surface area contributed by atoms with Crippen LogP contribution in [0.5, 0.6) is 0 Å². The van der Waals surface area contributed by atoms with Gasteiger partial charge < -0.3 is 5.32 Å². The highest BCUT2D eigenvalue weighted by Crippen LogP contribution is 2.36. The number of amides is 1. The first kappa shape index (κ1) is 18.3. The Labute approximate surface area is 172 Å². The predicted molar refractivity (Wildman–Crippen MR) is 114 cm³/mol. The number of halogens is 1. The fraction of sp³-hybridized carbons (Fsp3) is 0. The van der Waals surface area contributed by atoms with Gasteiger partial charge in [-0.2, -0.15) is 0 Å². The monoisotopic (exact) mass is 453 g/mol. The molecule has 138 valence electrons. The van der Waals surface area contributed by atoms with Gasteiger partial charge in [-0.1, -0.05) is 34.1 Å². The molecule has 28 heavy (non-hydrogen) atoms.